The summed E-state index contributed by atoms with van der Waals surface area (Å²) in [6.07, 6.45) is 1.27. The Balaban J connectivity index is 2.40. The molecule has 4 N–H and O–H groups in total. The molecule has 28 heavy (non-hydrogen) atoms. The van der Waals surface area contributed by atoms with Gasteiger partial charge in [-0.05, 0) is 37.3 Å². The van der Waals surface area contributed by atoms with Crippen molar-refractivity contribution in [2.24, 2.45) is 5.73 Å². The van der Waals surface area contributed by atoms with E-state index in [0.29, 0.717) is 0 Å². The van der Waals surface area contributed by atoms with Crippen LogP contribution in [0, 0.1) is 18.6 Å². The van der Waals surface area contributed by atoms with Gasteiger partial charge < -0.3 is 11.1 Å². The summed E-state index contributed by atoms with van der Waals surface area (Å²) < 4.78 is 54.3. The number of rotatable bonds is 7. The van der Waals surface area contributed by atoms with Crippen molar-refractivity contribution in [1.29, 1.82) is 0 Å². The molecule has 0 fully saturated rings. The highest BCUT2D eigenvalue weighted by Crippen LogP contribution is 2.22. The van der Waals surface area contributed by atoms with Crippen molar-refractivity contribution in [3.05, 3.63) is 71.3 Å². The molecule has 0 saturated carbocycles. The van der Waals surface area contributed by atoms with E-state index in [1.165, 1.54) is 19.1 Å². The number of anilines is 1. The molecule has 7 nitrogen and oxygen atoms in total. The lowest BCUT2D eigenvalue weighted by atomic mass is 10.1. The summed E-state index contributed by atoms with van der Waals surface area (Å²) in [7, 11) is -4.21. The van der Waals surface area contributed by atoms with Crippen molar-refractivity contribution in [2.75, 3.05) is 11.9 Å². The number of hydrogen-bond donors (Lipinski definition) is 3. The summed E-state index contributed by atoms with van der Waals surface area (Å²) in [5.74, 6) is -3.53. The van der Waals surface area contributed by atoms with Crippen LogP contribution in [0.2, 0.25) is 0 Å². The fourth-order valence-corrected chi connectivity index (χ4v) is 3.34. The zero-order valence-electron chi connectivity index (χ0n) is 14.8. The average molecular weight is 409 g/mol. The third kappa shape index (κ3) is 4.59. The minimum absolute atomic E-state index is 0.0303. The molecule has 2 aromatic rings. The summed E-state index contributed by atoms with van der Waals surface area (Å²) in [5, 5.41) is 2.36. The molecule has 2 rings (SSSR count). The molecule has 0 aliphatic heterocycles. The first-order valence-electron chi connectivity index (χ1n) is 7.88. The molecule has 0 aliphatic carbocycles. The van der Waals surface area contributed by atoms with Gasteiger partial charge in [-0.15, -0.1) is 6.58 Å². The summed E-state index contributed by atoms with van der Waals surface area (Å²) in [6, 6.07) is 4.86. The summed E-state index contributed by atoms with van der Waals surface area (Å²) in [6.45, 7) is 4.60. The maximum atomic E-state index is 14.0. The molecule has 10 heteroatoms. The number of amides is 2. The molecule has 2 aromatic carbocycles. The van der Waals surface area contributed by atoms with Crippen LogP contribution in [0.25, 0.3) is 0 Å². The topological polar surface area (TPSA) is 118 Å². The van der Waals surface area contributed by atoms with Crippen LogP contribution in [-0.2, 0) is 10.0 Å². The van der Waals surface area contributed by atoms with Crippen LogP contribution < -0.4 is 15.8 Å². The number of carbonyl (C=O) groups excluding carboxylic acids is 2. The summed E-state index contributed by atoms with van der Waals surface area (Å²) in [4.78, 5) is 23.0. The molecule has 0 atom stereocenters. The van der Waals surface area contributed by atoms with Crippen LogP contribution in [0.1, 0.15) is 26.3 Å². The van der Waals surface area contributed by atoms with E-state index in [9.17, 15) is 26.8 Å². The first-order valence-corrected chi connectivity index (χ1v) is 9.36. The minimum Gasteiger partial charge on any atom is -0.366 e. The number of sulfonamides is 1. The van der Waals surface area contributed by atoms with E-state index in [2.05, 4.69) is 16.6 Å². The van der Waals surface area contributed by atoms with Crippen LogP contribution in [0.5, 0.6) is 0 Å². The quantitative estimate of drug-likeness (QED) is 0.607. The van der Waals surface area contributed by atoms with Gasteiger partial charge in [0.05, 0.1) is 0 Å². The highest BCUT2D eigenvalue weighted by atomic mass is 32.2. The van der Waals surface area contributed by atoms with Gasteiger partial charge in [-0.3, -0.25) is 9.59 Å². The number of hydrogen-bond acceptors (Lipinski definition) is 4. The number of carbonyl (C=O) groups is 2. The van der Waals surface area contributed by atoms with Crippen molar-refractivity contribution in [1.82, 2.24) is 4.72 Å². The van der Waals surface area contributed by atoms with Crippen LogP contribution in [-0.4, -0.2) is 26.8 Å². The summed E-state index contributed by atoms with van der Waals surface area (Å²) in [5.41, 5.74) is 4.79. The Morgan fingerprint density at radius 1 is 1.14 bits per heavy atom. The maximum absolute atomic E-state index is 14.0. The maximum Gasteiger partial charge on any atom is 0.255 e. The number of nitrogens with two attached hydrogens (primary N) is 1. The number of primary amides is 1. The molecule has 148 valence electrons. The lowest BCUT2D eigenvalue weighted by Crippen LogP contribution is -2.25. The first kappa shape index (κ1) is 21.2. The fraction of sp³-hybridized carbons (Fsp3) is 0.111. The third-order valence-electron chi connectivity index (χ3n) is 3.78. The standard InChI is InChI=1S/C18H17F2N3O4S/c1-3-6-22-28(26,27)16-9-11(4-5-13(16)19)18(25)23-15-8-12(17(21)24)7-14(20)10(15)2/h3-5,7-9,22H,1,6H2,2H3,(H2,21,24)(H,23,25). The minimum atomic E-state index is -4.21. The van der Waals surface area contributed by atoms with Crippen LogP contribution >= 0.6 is 0 Å². The van der Waals surface area contributed by atoms with Gasteiger partial charge in [0.2, 0.25) is 15.9 Å². The van der Waals surface area contributed by atoms with Gasteiger partial charge in [-0.2, -0.15) is 0 Å². The molecule has 0 bridgehead atoms. The Labute approximate surface area is 160 Å². The second-order valence-electron chi connectivity index (χ2n) is 5.73. The number of halogens is 2. The predicted octanol–water partition coefficient (Wildman–Crippen LogP) is 2.09. The van der Waals surface area contributed by atoms with Gasteiger partial charge in [-0.25, -0.2) is 21.9 Å². The zero-order valence-corrected chi connectivity index (χ0v) is 15.6. The second-order valence-corrected chi connectivity index (χ2v) is 7.47. The molecular formula is C18H17F2N3O4S. The Hall–Kier alpha value is -3.11. The van der Waals surface area contributed by atoms with Gasteiger partial charge in [0, 0.05) is 28.9 Å². The van der Waals surface area contributed by atoms with E-state index in [0.717, 1.165) is 24.3 Å². The smallest absolute Gasteiger partial charge is 0.255 e. The van der Waals surface area contributed by atoms with Crippen LogP contribution in [0.4, 0.5) is 14.5 Å². The van der Waals surface area contributed by atoms with E-state index in [1.54, 1.807) is 0 Å². The monoisotopic (exact) mass is 409 g/mol. The first-order chi connectivity index (χ1) is 13.1. The molecule has 0 spiro atoms. The van der Waals surface area contributed by atoms with Crippen molar-refractivity contribution in [2.45, 2.75) is 11.8 Å². The van der Waals surface area contributed by atoms with E-state index in [1.807, 2.05) is 0 Å². The molecule has 0 heterocycles. The van der Waals surface area contributed by atoms with Gasteiger partial charge in [0.15, 0.2) is 0 Å². The molecule has 0 radical (unpaired) electrons. The van der Waals surface area contributed by atoms with Crippen molar-refractivity contribution >= 4 is 27.5 Å². The Morgan fingerprint density at radius 3 is 2.43 bits per heavy atom. The van der Waals surface area contributed by atoms with Crippen molar-refractivity contribution in [3.8, 4) is 0 Å². The number of nitrogens with one attached hydrogen (secondary N) is 2. The Bertz CT molecular complexity index is 1070. The van der Waals surface area contributed by atoms with Crippen molar-refractivity contribution < 1.29 is 26.8 Å². The highest BCUT2D eigenvalue weighted by molar-refractivity contribution is 7.89. The van der Waals surface area contributed by atoms with E-state index in [4.69, 9.17) is 5.73 Å². The third-order valence-corrected chi connectivity index (χ3v) is 5.22. The van der Waals surface area contributed by atoms with Crippen LogP contribution in [0.3, 0.4) is 0 Å². The molecule has 2 amide bonds. The van der Waals surface area contributed by atoms with Gasteiger partial charge in [0.25, 0.3) is 5.91 Å². The fourth-order valence-electron chi connectivity index (χ4n) is 2.24. The number of benzene rings is 2. The highest BCUT2D eigenvalue weighted by Gasteiger charge is 2.21. The Morgan fingerprint density at radius 2 is 1.82 bits per heavy atom. The summed E-state index contributed by atoms with van der Waals surface area (Å²) >= 11 is 0. The largest absolute Gasteiger partial charge is 0.366 e. The normalized spacial score (nSPS) is 11.1. The van der Waals surface area contributed by atoms with E-state index < -0.39 is 38.4 Å². The second kappa shape index (κ2) is 8.28. The van der Waals surface area contributed by atoms with Gasteiger partial charge in [-0.1, -0.05) is 6.08 Å². The molecule has 0 aliphatic rings. The van der Waals surface area contributed by atoms with Crippen LogP contribution in [0.15, 0.2) is 47.9 Å². The average Bonchev–Trinajstić information content (AvgIpc) is 2.63. The zero-order chi connectivity index (χ0) is 21.1. The van der Waals surface area contributed by atoms with Crippen molar-refractivity contribution in [3.63, 3.8) is 0 Å². The Kier molecular flexibility index (Phi) is 6.26. The molecular weight excluding hydrogens is 392 g/mol. The molecule has 0 aromatic heterocycles. The van der Waals surface area contributed by atoms with Gasteiger partial charge in [0.1, 0.15) is 16.5 Å². The van der Waals surface area contributed by atoms with E-state index in [-0.39, 0.29) is 28.9 Å². The molecule has 0 saturated heterocycles. The predicted molar refractivity (Wildman–Crippen MR) is 99.4 cm³/mol. The SMILES string of the molecule is C=CCNS(=O)(=O)c1cc(C(=O)Nc2cc(C(N)=O)cc(F)c2C)ccc1F. The molecule has 0 unspecified atom stereocenters. The lowest BCUT2D eigenvalue weighted by molar-refractivity contribution is 0.0995. The lowest BCUT2D eigenvalue weighted by Gasteiger charge is -2.12. The van der Waals surface area contributed by atoms with Gasteiger partial charge >= 0.3 is 0 Å². The van der Waals surface area contributed by atoms with E-state index >= 15 is 0 Å².